The highest BCUT2D eigenvalue weighted by atomic mass is 79.9. The normalized spacial score (nSPS) is 26.4. The maximum absolute atomic E-state index is 12.5. The van der Waals surface area contributed by atoms with Crippen molar-refractivity contribution in [1.82, 2.24) is 4.90 Å². The molecule has 1 amide bonds. The van der Waals surface area contributed by atoms with Gasteiger partial charge in [-0.2, -0.15) is 0 Å². The van der Waals surface area contributed by atoms with E-state index in [9.17, 15) is 4.79 Å². The van der Waals surface area contributed by atoms with Crippen LogP contribution in [0.2, 0.25) is 0 Å². The Bertz CT molecular complexity index is 477. The third-order valence-corrected chi connectivity index (χ3v) is 4.93. The van der Waals surface area contributed by atoms with Gasteiger partial charge in [-0.05, 0) is 58.8 Å². The van der Waals surface area contributed by atoms with Gasteiger partial charge in [0.05, 0.1) is 5.56 Å². The highest BCUT2D eigenvalue weighted by molar-refractivity contribution is 9.10. The molecule has 0 radical (unpaired) electrons. The largest absolute Gasteiger partial charge is 0.399 e. The standard InChI is InChI=1S/C14H17BrN2O/c15-13-5-4-11(16)6-12(13)14(18)17-7-9-2-1-3-10(9)8-17/h4-6,9-10H,1-3,7-8,16H2. The molecule has 0 aromatic heterocycles. The van der Waals surface area contributed by atoms with Crippen molar-refractivity contribution in [2.24, 2.45) is 11.8 Å². The van der Waals surface area contributed by atoms with Gasteiger partial charge in [0.1, 0.15) is 0 Å². The van der Waals surface area contributed by atoms with Crippen molar-refractivity contribution in [2.75, 3.05) is 18.8 Å². The molecule has 2 aliphatic rings. The van der Waals surface area contributed by atoms with Crippen LogP contribution in [-0.4, -0.2) is 23.9 Å². The van der Waals surface area contributed by atoms with Crippen molar-refractivity contribution >= 4 is 27.5 Å². The van der Waals surface area contributed by atoms with Crippen LogP contribution in [0.3, 0.4) is 0 Å². The smallest absolute Gasteiger partial charge is 0.255 e. The molecule has 1 aliphatic heterocycles. The summed E-state index contributed by atoms with van der Waals surface area (Å²) in [6, 6.07) is 5.42. The number of hydrogen-bond acceptors (Lipinski definition) is 2. The Hall–Kier alpha value is -1.03. The number of amides is 1. The van der Waals surface area contributed by atoms with Gasteiger partial charge in [-0.25, -0.2) is 0 Å². The minimum absolute atomic E-state index is 0.114. The van der Waals surface area contributed by atoms with Crippen molar-refractivity contribution < 1.29 is 4.79 Å². The van der Waals surface area contributed by atoms with Crippen molar-refractivity contribution in [3.05, 3.63) is 28.2 Å². The molecule has 3 nitrogen and oxygen atoms in total. The Morgan fingerprint density at radius 1 is 1.28 bits per heavy atom. The molecule has 2 atom stereocenters. The molecule has 4 heteroatoms. The van der Waals surface area contributed by atoms with Gasteiger partial charge in [0.25, 0.3) is 5.91 Å². The zero-order chi connectivity index (χ0) is 12.7. The van der Waals surface area contributed by atoms with Gasteiger partial charge < -0.3 is 10.6 Å². The average molecular weight is 309 g/mol. The van der Waals surface area contributed by atoms with Crippen LogP contribution in [0.5, 0.6) is 0 Å². The summed E-state index contributed by atoms with van der Waals surface area (Å²) in [4.78, 5) is 14.5. The number of likely N-dealkylation sites (tertiary alicyclic amines) is 1. The second-order valence-corrected chi connectivity index (χ2v) is 6.25. The zero-order valence-electron chi connectivity index (χ0n) is 10.2. The van der Waals surface area contributed by atoms with E-state index in [2.05, 4.69) is 15.9 Å². The second kappa shape index (κ2) is 4.57. The van der Waals surface area contributed by atoms with E-state index >= 15 is 0 Å². The molecule has 96 valence electrons. The molecule has 1 heterocycles. The summed E-state index contributed by atoms with van der Waals surface area (Å²) in [5.41, 5.74) is 7.09. The minimum atomic E-state index is 0.114. The number of carbonyl (C=O) groups is 1. The van der Waals surface area contributed by atoms with Gasteiger partial charge in [-0.15, -0.1) is 0 Å². The van der Waals surface area contributed by atoms with Crippen LogP contribution in [0.1, 0.15) is 29.6 Å². The van der Waals surface area contributed by atoms with E-state index in [0.29, 0.717) is 11.3 Å². The van der Waals surface area contributed by atoms with E-state index in [-0.39, 0.29) is 5.91 Å². The van der Waals surface area contributed by atoms with Gasteiger partial charge in [0.2, 0.25) is 0 Å². The Morgan fingerprint density at radius 2 is 1.94 bits per heavy atom. The van der Waals surface area contributed by atoms with E-state index in [4.69, 9.17) is 5.73 Å². The fraction of sp³-hybridized carbons (Fsp3) is 0.500. The van der Waals surface area contributed by atoms with Gasteiger partial charge in [-0.1, -0.05) is 6.42 Å². The number of nitrogen functional groups attached to an aromatic ring is 1. The number of anilines is 1. The van der Waals surface area contributed by atoms with E-state index in [1.807, 2.05) is 11.0 Å². The molecule has 3 rings (SSSR count). The lowest BCUT2D eigenvalue weighted by Crippen LogP contribution is -2.29. The predicted octanol–water partition coefficient (Wildman–Crippen LogP) is 2.90. The highest BCUT2D eigenvalue weighted by Crippen LogP contribution is 2.38. The molecule has 0 spiro atoms. The number of rotatable bonds is 1. The number of halogens is 1. The van der Waals surface area contributed by atoms with Crippen LogP contribution in [0.15, 0.2) is 22.7 Å². The Morgan fingerprint density at radius 3 is 2.61 bits per heavy atom. The molecule has 1 aliphatic carbocycles. The molecular weight excluding hydrogens is 292 g/mol. The van der Waals surface area contributed by atoms with Crippen molar-refractivity contribution in [1.29, 1.82) is 0 Å². The monoisotopic (exact) mass is 308 g/mol. The summed E-state index contributed by atoms with van der Waals surface area (Å²) in [7, 11) is 0. The zero-order valence-corrected chi connectivity index (χ0v) is 11.8. The molecule has 1 aromatic carbocycles. The van der Waals surface area contributed by atoms with Gasteiger partial charge in [-0.3, -0.25) is 4.79 Å². The first-order valence-corrected chi connectivity index (χ1v) is 7.29. The molecule has 18 heavy (non-hydrogen) atoms. The lowest BCUT2D eigenvalue weighted by atomic mass is 10.0. The summed E-state index contributed by atoms with van der Waals surface area (Å²) in [6.07, 6.45) is 3.90. The van der Waals surface area contributed by atoms with E-state index in [1.54, 1.807) is 12.1 Å². The molecule has 2 unspecified atom stereocenters. The predicted molar refractivity (Wildman–Crippen MR) is 75.3 cm³/mol. The summed E-state index contributed by atoms with van der Waals surface area (Å²) in [5, 5.41) is 0. The van der Waals surface area contributed by atoms with E-state index in [0.717, 1.165) is 29.4 Å². The molecule has 1 aromatic rings. The van der Waals surface area contributed by atoms with Gasteiger partial charge in [0, 0.05) is 23.2 Å². The van der Waals surface area contributed by atoms with E-state index in [1.165, 1.54) is 19.3 Å². The number of benzene rings is 1. The molecule has 1 saturated heterocycles. The minimum Gasteiger partial charge on any atom is -0.399 e. The number of nitrogens with two attached hydrogens (primary N) is 1. The van der Waals surface area contributed by atoms with Crippen LogP contribution in [0, 0.1) is 11.8 Å². The molecule has 0 bridgehead atoms. The fourth-order valence-corrected chi connectivity index (χ4v) is 3.69. The van der Waals surface area contributed by atoms with Crippen LogP contribution in [0.4, 0.5) is 5.69 Å². The molecular formula is C14H17BrN2O. The number of nitrogens with zero attached hydrogens (tertiary/aromatic N) is 1. The van der Waals surface area contributed by atoms with Gasteiger partial charge in [0.15, 0.2) is 0 Å². The first-order chi connectivity index (χ1) is 8.65. The third kappa shape index (κ3) is 2.03. The number of carbonyl (C=O) groups excluding carboxylic acids is 1. The SMILES string of the molecule is Nc1ccc(Br)c(C(=O)N2CC3CCCC3C2)c1. The number of hydrogen-bond donors (Lipinski definition) is 1. The van der Waals surface area contributed by atoms with E-state index < -0.39 is 0 Å². The van der Waals surface area contributed by atoms with Crippen molar-refractivity contribution in [3.63, 3.8) is 0 Å². The topological polar surface area (TPSA) is 46.3 Å². The van der Waals surface area contributed by atoms with Crippen molar-refractivity contribution in [3.8, 4) is 0 Å². The maximum Gasteiger partial charge on any atom is 0.255 e. The first kappa shape index (κ1) is 12.0. The summed E-state index contributed by atoms with van der Waals surface area (Å²) >= 11 is 3.44. The maximum atomic E-state index is 12.5. The highest BCUT2D eigenvalue weighted by Gasteiger charge is 2.38. The van der Waals surface area contributed by atoms with Crippen LogP contribution in [-0.2, 0) is 0 Å². The Labute approximate surface area is 115 Å². The number of fused-ring (bicyclic) bond motifs is 1. The average Bonchev–Trinajstić information content (AvgIpc) is 2.91. The fourth-order valence-electron chi connectivity index (χ4n) is 3.28. The van der Waals surface area contributed by atoms with Crippen molar-refractivity contribution in [2.45, 2.75) is 19.3 Å². The van der Waals surface area contributed by atoms with Gasteiger partial charge >= 0.3 is 0 Å². The summed E-state index contributed by atoms with van der Waals surface area (Å²) in [5.74, 6) is 1.58. The molecule has 2 N–H and O–H groups in total. The third-order valence-electron chi connectivity index (χ3n) is 4.23. The van der Waals surface area contributed by atoms with Crippen LogP contribution in [0.25, 0.3) is 0 Å². The second-order valence-electron chi connectivity index (χ2n) is 5.40. The molecule has 1 saturated carbocycles. The lowest BCUT2D eigenvalue weighted by Gasteiger charge is -2.18. The summed E-state index contributed by atoms with van der Waals surface area (Å²) in [6.45, 7) is 1.84. The Kier molecular flexibility index (Phi) is 3.06. The van der Waals surface area contributed by atoms with Crippen LogP contribution >= 0.6 is 15.9 Å². The summed E-state index contributed by atoms with van der Waals surface area (Å²) < 4.78 is 0.832. The Balaban J connectivity index is 1.81. The quantitative estimate of drug-likeness (QED) is 0.811. The molecule has 2 fully saturated rings. The lowest BCUT2D eigenvalue weighted by molar-refractivity contribution is 0.0780. The van der Waals surface area contributed by atoms with Crippen LogP contribution < -0.4 is 5.73 Å². The first-order valence-electron chi connectivity index (χ1n) is 6.49.